The Morgan fingerprint density at radius 2 is 1.81 bits per heavy atom. The van der Waals surface area contributed by atoms with E-state index in [-0.39, 0.29) is 25.7 Å². The number of hydrogen-bond donors (Lipinski definition) is 1. The van der Waals surface area contributed by atoms with E-state index in [4.69, 9.17) is 9.47 Å². The van der Waals surface area contributed by atoms with E-state index >= 15 is 0 Å². The minimum atomic E-state index is -0.493. The largest absolute Gasteiger partial charge is 0.490 e. The summed E-state index contributed by atoms with van der Waals surface area (Å²) < 4.78 is 10.6. The van der Waals surface area contributed by atoms with Crippen LogP contribution in [-0.4, -0.2) is 31.6 Å². The number of nitrogens with one attached hydrogen (secondary N) is 1. The maximum atomic E-state index is 12.0. The van der Waals surface area contributed by atoms with Gasteiger partial charge in [0.1, 0.15) is 25.5 Å². The summed E-state index contributed by atoms with van der Waals surface area (Å²) in [4.78, 5) is 23.8. The molecule has 0 spiro atoms. The van der Waals surface area contributed by atoms with Crippen molar-refractivity contribution < 1.29 is 19.1 Å². The first-order valence-corrected chi connectivity index (χ1v) is 8.72. The zero-order valence-corrected chi connectivity index (χ0v) is 15.5. The minimum Gasteiger partial charge on any atom is -0.490 e. The summed E-state index contributed by atoms with van der Waals surface area (Å²) >= 11 is 0. The van der Waals surface area contributed by atoms with Crippen LogP contribution in [0, 0.1) is 13.8 Å². The van der Waals surface area contributed by atoms with Crippen LogP contribution in [0.1, 0.15) is 34.0 Å². The average molecular weight is 355 g/mol. The second-order valence-corrected chi connectivity index (χ2v) is 6.05. The van der Waals surface area contributed by atoms with Crippen LogP contribution in [0.2, 0.25) is 0 Å². The van der Waals surface area contributed by atoms with E-state index in [0.29, 0.717) is 5.56 Å². The van der Waals surface area contributed by atoms with E-state index in [0.717, 1.165) is 23.3 Å². The highest BCUT2D eigenvalue weighted by molar-refractivity contribution is 5.96. The third kappa shape index (κ3) is 5.92. The maximum Gasteiger partial charge on any atom is 0.325 e. The quantitative estimate of drug-likeness (QED) is 0.583. The third-order valence-corrected chi connectivity index (χ3v) is 4.08. The summed E-state index contributed by atoms with van der Waals surface area (Å²) in [6.07, 6.45) is 0.937. The van der Waals surface area contributed by atoms with Crippen molar-refractivity contribution in [2.24, 2.45) is 0 Å². The van der Waals surface area contributed by atoms with Gasteiger partial charge in [-0.3, -0.25) is 9.59 Å². The molecule has 0 aliphatic heterocycles. The van der Waals surface area contributed by atoms with Crippen LogP contribution in [0.25, 0.3) is 0 Å². The summed E-state index contributed by atoms with van der Waals surface area (Å²) in [6.45, 7) is 6.23. The number of benzene rings is 2. The van der Waals surface area contributed by atoms with Gasteiger partial charge in [0.2, 0.25) is 0 Å². The first kappa shape index (κ1) is 19.5. The molecule has 0 saturated heterocycles. The van der Waals surface area contributed by atoms with Gasteiger partial charge in [0, 0.05) is 5.56 Å². The molecule has 0 atom stereocenters. The summed E-state index contributed by atoms with van der Waals surface area (Å²) in [5.74, 6) is -0.0331. The van der Waals surface area contributed by atoms with Gasteiger partial charge in [0.15, 0.2) is 0 Å². The molecular weight excluding hydrogens is 330 g/mol. The van der Waals surface area contributed by atoms with Crippen molar-refractivity contribution in [3.8, 4) is 5.75 Å². The summed E-state index contributed by atoms with van der Waals surface area (Å²) in [6, 6.07) is 13.2. The number of carbonyl (C=O) groups excluding carboxylic acids is 2. The Balaban J connectivity index is 1.68. The van der Waals surface area contributed by atoms with Crippen molar-refractivity contribution in [1.29, 1.82) is 0 Å². The van der Waals surface area contributed by atoms with Gasteiger partial charge >= 0.3 is 5.97 Å². The molecular formula is C21H25NO4. The molecule has 2 rings (SSSR count). The molecule has 0 radical (unpaired) electrons. The monoisotopic (exact) mass is 355 g/mol. The van der Waals surface area contributed by atoms with Gasteiger partial charge in [0.25, 0.3) is 5.91 Å². The highest BCUT2D eigenvalue weighted by Crippen LogP contribution is 2.13. The normalized spacial score (nSPS) is 10.3. The summed E-state index contributed by atoms with van der Waals surface area (Å²) in [7, 11) is 0. The van der Waals surface area contributed by atoms with Crippen LogP contribution < -0.4 is 10.1 Å². The molecule has 1 N–H and O–H groups in total. The molecule has 1 amide bonds. The molecule has 0 aliphatic rings. The van der Waals surface area contributed by atoms with Crippen LogP contribution in [0.5, 0.6) is 5.75 Å². The molecule has 2 aromatic carbocycles. The van der Waals surface area contributed by atoms with Crippen LogP contribution in [0.4, 0.5) is 0 Å². The average Bonchev–Trinajstić information content (AvgIpc) is 2.65. The standard InChI is InChI=1S/C21H25NO4/c1-4-17-6-5-7-19(13-17)25-10-11-26-20(23)14-22-21(24)18-9-8-15(2)16(3)12-18/h5-9,12-13H,4,10-11,14H2,1-3H3,(H,22,24). The van der Waals surface area contributed by atoms with Crippen molar-refractivity contribution in [2.75, 3.05) is 19.8 Å². The van der Waals surface area contributed by atoms with Crippen molar-refractivity contribution in [2.45, 2.75) is 27.2 Å². The molecule has 138 valence electrons. The van der Waals surface area contributed by atoms with Gasteiger partial charge in [-0.05, 0) is 61.2 Å². The molecule has 0 aliphatic carbocycles. The number of amides is 1. The zero-order chi connectivity index (χ0) is 18.9. The van der Waals surface area contributed by atoms with Gasteiger partial charge in [-0.2, -0.15) is 0 Å². The number of hydrogen-bond acceptors (Lipinski definition) is 4. The molecule has 2 aromatic rings. The fourth-order valence-electron chi connectivity index (χ4n) is 2.36. The molecule has 5 heteroatoms. The maximum absolute atomic E-state index is 12.0. The highest BCUT2D eigenvalue weighted by atomic mass is 16.6. The number of esters is 1. The SMILES string of the molecule is CCc1cccc(OCCOC(=O)CNC(=O)c2ccc(C)c(C)c2)c1. The molecule has 0 saturated carbocycles. The van der Waals surface area contributed by atoms with E-state index in [1.165, 1.54) is 5.56 Å². The van der Waals surface area contributed by atoms with E-state index in [9.17, 15) is 9.59 Å². The van der Waals surface area contributed by atoms with Crippen LogP contribution in [0.15, 0.2) is 42.5 Å². The third-order valence-electron chi connectivity index (χ3n) is 4.08. The van der Waals surface area contributed by atoms with Crippen molar-refractivity contribution in [3.05, 3.63) is 64.7 Å². The molecule has 0 unspecified atom stereocenters. The van der Waals surface area contributed by atoms with E-state index < -0.39 is 5.97 Å². The first-order chi connectivity index (χ1) is 12.5. The predicted octanol–water partition coefficient (Wildman–Crippen LogP) is 3.22. The fourth-order valence-corrected chi connectivity index (χ4v) is 2.36. The highest BCUT2D eigenvalue weighted by Gasteiger charge is 2.09. The van der Waals surface area contributed by atoms with Crippen LogP contribution >= 0.6 is 0 Å². The van der Waals surface area contributed by atoms with E-state index in [1.54, 1.807) is 12.1 Å². The lowest BCUT2D eigenvalue weighted by molar-refractivity contribution is -0.143. The second-order valence-electron chi connectivity index (χ2n) is 6.05. The van der Waals surface area contributed by atoms with Gasteiger partial charge in [-0.15, -0.1) is 0 Å². The zero-order valence-electron chi connectivity index (χ0n) is 15.5. The number of rotatable bonds is 8. The lowest BCUT2D eigenvalue weighted by atomic mass is 10.1. The number of aryl methyl sites for hydroxylation is 3. The van der Waals surface area contributed by atoms with E-state index in [1.807, 2.05) is 44.2 Å². The molecule has 0 heterocycles. The van der Waals surface area contributed by atoms with E-state index in [2.05, 4.69) is 12.2 Å². The fraction of sp³-hybridized carbons (Fsp3) is 0.333. The van der Waals surface area contributed by atoms with Crippen molar-refractivity contribution >= 4 is 11.9 Å². The van der Waals surface area contributed by atoms with Crippen molar-refractivity contribution in [1.82, 2.24) is 5.32 Å². The first-order valence-electron chi connectivity index (χ1n) is 8.72. The van der Waals surface area contributed by atoms with Crippen molar-refractivity contribution in [3.63, 3.8) is 0 Å². The Morgan fingerprint density at radius 1 is 1.00 bits per heavy atom. The molecule has 5 nitrogen and oxygen atoms in total. The molecule has 0 aromatic heterocycles. The van der Waals surface area contributed by atoms with Crippen LogP contribution in [-0.2, 0) is 16.0 Å². The molecule has 26 heavy (non-hydrogen) atoms. The minimum absolute atomic E-state index is 0.134. The van der Waals surface area contributed by atoms with Crippen LogP contribution in [0.3, 0.4) is 0 Å². The van der Waals surface area contributed by atoms with Gasteiger partial charge < -0.3 is 14.8 Å². The summed E-state index contributed by atoms with van der Waals surface area (Å²) in [5.41, 5.74) is 3.86. The van der Waals surface area contributed by atoms with Gasteiger partial charge in [0.05, 0.1) is 0 Å². The number of ether oxygens (including phenoxy) is 2. The number of carbonyl (C=O) groups is 2. The Bertz CT molecular complexity index is 770. The summed E-state index contributed by atoms with van der Waals surface area (Å²) in [5, 5.41) is 2.56. The lowest BCUT2D eigenvalue weighted by Crippen LogP contribution is -2.31. The van der Waals surface area contributed by atoms with Gasteiger partial charge in [-0.25, -0.2) is 0 Å². The topological polar surface area (TPSA) is 64.6 Å². The smallest absolute Gasteiger partial charge is 0.325 e. The molecule has 0 fully saturated rings. The Morgan fingerprint density at radius 3 is 2.54 bits per heavy atom. The Kier molecular flexibility index (Phi) is 7.21. The molecule has 0 bridgehead atoms. The Labute approximate surface area is 154 Å². The lowest BCUT2D eigenvalue weighted by Gasteiger charge is -2.09. The second kappa shape index (κ2) is 9.61. The van der Waals surface area contributed by atoms with Gasteiger partial charge in [-0.1, -0.05) is 25.1 Å². The Hall–Kier alpha value is -2.82. The predicted molar refractivity (Wildman–Crippen MR) is 101 cm³/mol.